The van der Waals surface area contributed by atoms with Crippen LogP contribution < -0.4 is 10.6 Å². The van der Waals surface area contributed by atoms with Gasteiger partial charge < -0.3 is 10.6 Å². The van der Waals surface area contributed by atoms with Gasteiger partial charge in [-0.05, 0) is 26.1 Å². The van der Waals surface area contributed by atoms with Crippen molar-refractivity contribution in [3.8, 4) is 0 Å². The van der Waals surface area contributed by atoms with E-state index in [9.17, 15) is 4.79 Å². The summed E-state index contributed by atoms with van der Waals surface area (Å²) in [5, 5.41) is 5.72. The number of carbonyl (C=O) groups is 1. The normalized spacial score (nSPS) is 23.3. The first kappa shape index (κ1) is 6.48. The largest absolute Gasteiger partial charge is 0.349 e. The van der Waals surface area contributed by atoms with E-state index in [0.717, 1.165) is 0 Å². The number of amides is 1. The third-order valence-corrected chi connectivity index (χ3v) is 1.42. The van der Waals surface area contributed by atoms with Gasteiger partial charge in [-0.1, -0.05) is 0 Å². The van der Waals surface area contributed by atoms with Crippen LogP contribution in [-0.4, -0.2) is 16.6 Å². The van der Waals surface area contributed by atoms with E-state index in [1.165, 1.54) is 0 Å². The Morgan fingerprint density at radius 2 is 2.11 bits per heavy atom. The summed E-state index contributed by atoms with van der Waals surface area (Å²) < 4.78 is 0. The second-order valence-corrected chi connectivity index (χ2v) is 2.94. The molecule has 1 amide bonds. The summed E-state index contributed by atoms with van der Waals surface area (Å²) in [5.74, 6) is -0.0625. The fourth-order valence-electron chi connectivity index (χ4n) is 0.631. The van der Waals surface area contributed by atoms with Crippen molar-refractivity contribution in [1.82, 2.24) is 10.6 Å². The summed E-state index contributed by atoms with van der Waals surface area (Å²) in [6.45, 7) is 3.56. The average molecular weight is 144 g/mol. The van der Waals surface area contributed by atoms with Gasteiger partial charge in [-0.3, -0.25) is 4.79 Å². The van der Waals surface area contributed by atoms with Crippen molar-refractivity contribution in [1.29, 1.82) is 0 Å². The smallest absolute Gasteiger partial charge is 0.251 e. The first-order chi connectivity index (χ1) is 4.02. The van der Waals surface area contributed by atoms with Crippen LogP contribution in [0, 0.1) is 0 Å². The second kappa shape index (κ2) is 1.67. The Kier molecular flexibility index (Phi) is 1.20. The number of thiocarbonyl (C=S) groups is 1. The van der Waals surface area contributed by atoms with Crippen LogP contribution >= 0.6 is 12.2 Å². The Balaban J connectivity index is 2.81. The van der Waals surface area contributed by atoms with E-state index in [0.29, 0.717) is 5.11 Å². The molecule has 0 radical (unpaired) electrons. The quantitative estimate of drug-likeness (QED) is 0.461. The molecule has 1 aliphatic heterocycles. The molecule has 4 heteroatoms. The minimum Gasteiger partial charge on any atom is -0.349 e. The standard InChI is InChI=1S/C5H8N2OS/c1-5(2)3(8)6-4(9)7-5/h1-2H3,(H2,6,7,8,9). The van der Waals surface area contributed by atoms with Crippen LogP contribution in [-0.2, 0) is 4.79 Å². The van der Waals surface area contributed by atoms with Gasteiger partial charge in [0.05, 0.1) is 0 Å². The number of hydrogen-bond donors (Lipinski definition) is 2. The molecule has 0 unspecified atom stereocenters. The molecule has 9 heavy (non-hydrogen) atoms. The molecule has 0 aliphatic carbocycles. The maximum Gasteiger partial charge on any atom is 0.251 e. The van der Waals surface area contributed by atoms with Crippen molar-refractivity contribution in [3.05, 3.63) is 0 Å². The Morgan fingerprint density at radius 3 is 2.22 bits per heavy atom. The molecule has 0 aromatic carbocycles. The lowest BCUT2D eigenvalue weighted by Gasteiger charge is -2.12. The second-order valence-electron chi connectivity index (χ2n) is 2.53. The fourth-order valence-corrected chi connectivity index (χ4v) is 0.979. The summed E-state index contributed by atoms with van der Waals surface area (Å²) >= 11 is 4.70. The maximum absolute atomic E-state index is 10.8. The Labute approximate surface area is 58.8 Å². The van der Waals surface area contributed by atoms with Crippen molar-refractivity contribution in [2.45, 2.75) is 19.4 Å². The summed E-state index contributed by atoms with van der Waals surface area (Å²) in [6, 6.07) is 0. The van der Waals surface area contributed by atoms with Crippen LogP contribution in [0.15, 0.2) is 0 Å². The van der Waals surface area contributed by atoms with Crippen LogP contribution in [0.2, 0.25) is 0 Å². The van der Waals surface area contributed by atoms with Crippen molar-refractivity contribution in [2.75, 3.05) is 0 Å². The van der Waals surface area contributed by atoms with Gasteiger partial charge in [0.25, 0.3) is 5.91 Å². The van der Waals surface area contributed by atoms with Gasteiger partial charge in [0.2, 0.25) is 0 Å². The van der Waals surface area contributed by atoms with Gasteiger partial charge in [0.15, 0.2) is 5.11 Å². The Hall–Kier alpha value is -0.640. The molecule has 1 aliphatic rings. The molecule has 0 aromatic heterocycles. The number of hydrogen-bond acceptors (Lipinski definition) is 2. The lowest BCUT2D eigenvalue weighted by atomic mass is 10.1. The van der Waals surface area contributed by atoms with E-state index in [2.05, 4.69) is 10.6 Å². The third-order valence-electron chi connectivity index (χ3n) is 1.22. The van der Waals surface area contributed by atoms with Crippen molar-refractivity contribution < 1.29 is 4.79 Å². The zero-order chi connectivity index (χ0) is 7.07. The SMILES string of the molecule is CC1(C)NC(=S)NC1=O. The Morgan fingerprint density at radius 1 is 1.56 bits per heavy atom. The van der Waals surface area contributed by atoms with Gasteiger partial charge in [-0.25, -0.2) is 0 Å². The molecule has 1 heterocycles. The minimum absolute atomic E-state index is 0.0625. The zero-order valence-electron chi connectivity index (χ0n) is 5.32. The predicted molar refractivity (Wildman–Crippen MR) is 38.0 cm³/mol. The van der Waals surface area contributed by atoms with Crippen molar-refractivity contribution >= 4 is 23.2 Å². The molecule has 50 valence electrons. The van der Waals surface area contributed by atoms with Crippen LogP contribution in [0.25, 0.3) is 0 Å². The maximum atomic E-state index is 10.8. The molecular weight excluding hydrogens is 136 g/mol. The molecule has 0 saturated carbocycles. The van der Waals surface area contributed by atoms with Crippen molar-refractivity contribution in [2.24, 2.45) is 0 Å². The third kappa shape index (κ3) is 1.03. The van der Waals surface area contributed by atoms with E-state index in [1.54, 1.807) is 13.8 Å². The van der Waals surface area contributed by atoms with Crippen LogP contribution in [0.5, 0.6) is 0 Å². The molecule has 0 atom stereocenters. The van der Waals surface area contributed by atoms with Crippen LogP contribution in [0.1, 0.15) is 13.8 Å². The van der Waals surface area contributed by atoms with Crippen molar-refractivity contribution in [3.63, 3.8) is 0 Å². The van der Waals surface area contributed by atoms with E-state index in [4.69, 9.17) is 12.2 Å². The first-order valence-electron chi connectivity index (χ1n) is 2.66. The highest BCUT2D eigenvalue weighted by Gasteiger charge is 2.34. The van der Waals surface area contributed by atoms with Gasteiger partial charge >= 0.3 is 0 Å². The highest BCUT2D eigenvalue weighted by molar-refractivity contribution is 7.80. The molecular formula is C5H8N2OS. The summed E-state index contributed by atoms with van der Waals surface area (Å²) in [5.41, 5.74) is -0.517. The summed E-state index contributed by atoms with van der Waals surface area (Å²) in [6.07, 6.45) is 0. The average Bonchev–Trinajstić information content (AvgIpc) is 1.79. The highest BCUT2D eigenvalue weighted by Crippen LogP contribution is 2.06. The number of carbonyl (C=O) groups excluding carboxylic acids is 1. The first-order valence-corrected chi connectivity index (χ1v) is 3.07. The predicted octanol–water partition coefficient (Wildman–Crippen LogP) is -0.231. The summed E-state index contributed by atoms with van der Waals surface area (Å²) in [7, 11) is 0. The van der Waals surface area contributed by atoms with E-state index >= 15 is 0 Å². The zero-order valence-corrected chi connectivity index (χ0v) is 6.13. The minimum atomic E-state index is -0.517. The molecule has 0 spiro atoms. The molecule has 0 aromatic rings. The van der Waals surface area contributed by atoms with E-state index in [1.807, 2.05) is 0 Å². The topological polar surface area (TPSA) is 41.1 Å². The number of rotatable bonds is 0. The molecule has 2 N–H and O–H groups in total. The number of nitrogens with one attached hydrogen (secondary N) is 2. The van der Waals surface area contributed by atoms with Crippen LogP contribution in [0.3, 0.4) is 0 Å². The van der Waals surface area contributed by atoms with Gasteiger partial charge in [0, 0.05) is 0 Å². The van der Waals surface area contributed by atoms with Gasteiger partial charge in [-0.15, -0.1) is 0 Å². The summed E-state index contributed by atoms with van der Waals surface area (Å²) in [4.78, 5) is 10.8. The Bertz CT molecular complexity index is 176. The lowest BCUT2D eigenvalue weighted by Crippen LogP contribution is -2.39. The highest BCUT2D eigenvalue weighted by atomic mass is 32.1. The van der Waals surface area contributed by atoms with Crippen LogP contribution in [0.4, 0.5) is 0 Å². The van der Waals surface area contributed by atoms with Gasteiger partial charge in [-0.2, -0.15) is 0 Å². The molecule has 1 fully saturated rings. The van der Waals surface area contributed by atoms with E-state index < -0.39 is 5.54 Å². The molecule has 3 nitrogen and oxygen atoms in total. The van der Waals surface area contributed by atoms with E-state index in [-0.39, 0.29) is 5.91 Å². The molecule has 1 rings (SSSR count). The molecule has 0 bridgehead atoms. The molecule has 1 saturated heterocycles. The van der Waals surface area contributed by atoms with Gasteiger partial charge in [0.1, 0.15) is 5.54 Å². The lowest BCUT2D eigenvalue weighted by molar-refractivity contribution is -0.122. The fraction of sp³-hybridized carbons (Fsp3) is 0.600. The monoisotopic (exact) mass is 144 g/mol.